The molecule has 4 nitrogen and oxygen atoms in total. The Kier molecular flexibility index (Phi) is 3.81. The number of amides is 1. The summed E-state index contributed by atoms with van der Waals surface area (Å²) < 4.78 is 0.931. The van der Waals surface area contributed by atoms with Crippen LogP contribution in [0.15, 0.2) is 31.1 Å². The number of thiophene rings is 1. The Bertz CT molecular complexity index is 655. The van der Waals surface area contributed by atoms with Gasteiger partial charge in [0.2, 0.25) is 0 Å². The summed E-state index contributed by atoms with van der Waals surface area (Å²) >= 11 is 1.39. The summed E-state index contributed by atoms with van der Waals surface area (Å²) in [4.78, 5) is 19.2. The van der Waals surface area contributed by atoms with Gasteiger partial charge in [0.25, 0.3) is 5.91 Å². The van der Waals surface area contributed by atoms with Crippen molar-refractivity contribution in [1.29, 1.82) is 0 Å². The van der Waals surface area contributed by atoms with Crippen LogP contribution in [0.3, 0.4) is 0 Å². The fourth-order valence-electron chi connectivity index (χ4n) is 2.04. The van der Waals surface area contributed by atoms with Crippen molar-refractivity contribution in [3.63, 3.8) is 0 Å². The Labute approximate surface area is 122 Å². The van der Waals surface area contributed by atoms with Crippen molar-refractivity contribution in [2.75, 3.05) is 12.3 Å². The fourth-order valence-corrected chi connectivity index (χ4v) is 3.08. The van der Waals surface area contributed by atoms with E-state index in [1.807, 2.05) is 26.8 Å². The third-order valence-electron chi connectivity index (χ3n) is 3.09. The lowest BCUT2D eigenvalue weighted by molar-refractivity contribution is 0.0623. The zero-order valence-electron chi connectivity index (χ0n) is 12.0. The Balaban J connectivity index is 2.49. The predicted molar refractivity (Wildman–Crippen MR) is 85.0 cm³/mol. The molecule has 0 fully saturated rings. The number of carbonyl (C=O) groups is 1. The molecule has 0 aliphatic carbocycles. The van der Waals surface area contributed by atoms with Gasteiger partial charge in [-0.3, -0.25) is 9.78 Å². The third kappa shape index (κ3) is 2.54. The first-order chi connectivity index (χ1) is 9.36. The summed E-state index contributed by atoms with van der Waals surface area (Å²) in [6.07, 6.45) is 5.15. The molecule has 0 atom stereocenters. The van der Waals surface area contributed by atoms with E-state index < -0.39 is 0 Å². The van der Waals surface area contributed by atoms with Gasteiger partial charge in [0.1, 0.15) is 4.88 Å². The molecule has 0 aliphatic rings. The van der Waals surface area contributed by atoms with E-state index in [1.165, 1.54) is 11.3 Å². The summed E-state index contributed by atoms with van der Waals surface area (Å²) in [6.45, 7) is 10.2. The van der Waals surface area contributed by atoms with Crippen molar-refractivity contribution in [2.24, 2.45) is 0 Å². The van der Waals surface area contributed by atoms with Crippen LogP contribution in [-0.4, -0.2) is 27.9 Å². The molecule has 2 N–H and O–H groups in total. The van der Waals surface area contributed by atoms with E-state index in [9.17, 15) is 4.79 Å². The van der Waals surface area contributed by atoms with Gasteiger partial charge in [0, 0.05) is 29.9 Å². The lowest BCUT2D eigenvalue weighted by Gasteiger charge is -2.34. The largest absolute Gasteiger partial charge is 0.397 e. The van der Waals surface area contributed by atoms with Crippen molar-refractivity contribution in [2.45, 2.75) is 26.3 Å². The second kappa shape index (κ2) is 5.25. The molecule has 5 heteroatoms. The molecule has 2 aromatic rings. The molecule has 0 saturated heterocycles. The molecule has 1 amide bonds. The average Bonchev–Trinajstić information content (AvgIpc) is 2.72. The number of hydrogen-bond donors (Lipinski definition) is 1. The second-order valence-corrected chi connectivity index (χ2v) is 6.64. The smallest absolute Gasteiger partial charge is 0.266 e. The lowest BCUT2D eigenvalue weighted by atomic mass is 10.1. The van der Waals surface area contributed by atoms with E-state index in [0.29, 0.717) is 17.1 Å². The summed E-state index contributed by atoms with van der Waals surface area (Å²) in [5.74, 6) is -0.0592. The van der Waals surface area contributed by atoms with E-state index in [4.69, 9.17) is 5.73 Å². The van der Waals surface area contributed by atoms with Crippen molar-refractivity contribution in [3.05, 3.63) is 36.0 Å². The van der Waals surface area contributed by atoms with E-state index in [0.717, 1.165) is 10.1 Å². The first kappa shape index (κ1) is 14.5. The minimum Gasteiger partial charge on any atom is -0.397 e. The van der Waals surface area contributed by atoms with Gasteiger partial charge in [-0.05, 0) is 26.8 Å². The molecule has 0 radical (unpaired) electrons. The molecule has 0 spiro atoms. The van der Waals surface area contributed by atoms with Crippen LogP contribution in [0.5, 0.6) is 0 Å². The number of fused-ring (bicyclic) bond motifs is 1. The van der Waals surface area contributed by atoms with Gasteiger partial charge in [0.15, 0.2) is 0 Å². The highest BCUT2D eigenvalue weighted by Gasteiger charge is 2.29. The Morgan fingerprint density at radius 2 is 2.25 bits per heavy atom. The van der Waals surface area contributed by atoms with Gasteiger partial charge in [-0.2, -0.15) is 0 Å². The molecule has 2 aromatic heterocycles. The van der Waals surface area contributed by atoms with Crippen LogP contribution in [0.1, 0.15) is 30.4 Å². The number of nitrogens with zero attached hydrogens (tertiary/aromatic N) is 2. The number of hydrogen-bond acceptors (Lipinski definition) is 4. The van der Waals surface area contributed by atoms with Crippen molar-refractivity contribution >= 4 is 33.0 Å². The zero-order valence-corrected chi connectivity index (χ0v) is 12.8. The number of nitrogen functional groups attached to an aromatic ring is 1. The normalized spacial score (nSPS) is 11.6. The number of nitrogens with two attached hydrogens (primary N) is 1. The highest BCUT2D eigenvalue weighted by Crippen LogP contribution is 2.34. The standard InChI is InChI=1S/C15H19N3OS/c1-5-8-18(15(2,3)4)14(19)13-12(16)10-6-7-17-9-11(10)20-13/h5-7,9H,1,8,16H2,2-4H3. The topological polar surface area (TPSA) is 59.2 Å². The SMILES string of the molecule is C=CCN(C(=O)c1sc2cnccc2c1N)C(C)(C)C. The predicted octanol–water partition coefficient (Wildman–Crippen LogP) is 3.31. The van der Waals surface area contributed by atoms with Crippen LogP contribution in [-0.2, 0) is 0 Å². The third-order valence-corrected chi connectivity index (χ3v) is 4.24. The molecule has 2 heterocycles. The van der Waals surface area contributed by atoms with E-state index in [2.05, 4.69) is 11.6 Å². The molecule has 0 aromatic carbocycles. The Hall–Kier alpha value is -1.88. The van der Waals surface area contributed by atoms with E-state index in [-0.39, 0.29) is 11.4 Å². The lowest BCUT2D eigenvalue weighted by Crippen LogP contribution is -2.45. The minimum absolute atomic E-state index is 0.0592. The second-order valence-electron chi connectivity index (χ2n) is 5.59. The highest BCUT2D eigenvalue weighted by atomic mass is 32.1. The van der Waals surface area contributed by atoms with Crippen molar-refractivity contribution in [1.82, 2.24) is 9.88 Å². The Morgan fingerprint density at radius 1 is 1.55 bits per heavy atom. The molecule has 0 unspecified atom stereocenters. The highest BCUT2D eigenvalue weighted by molar-refractivity contribution is 7.21. The summed E-state index contributed by atoms with van der Waals surface area (Å²) in [5, 5.41) is 0.890. The van der Waals surface area contributed by atoms with Crippen LogP contribution < -0.4 is 5.73 Å². The summed E-state index contributed by atoms with van der Waals surface area (Å²) in [5.41, 5.74) is 6.38. The van der Waals surface area contributed by atoms with Crippen molar-refractivity contribution in [3.8, 4) is 0 Å². The quantitative estimate of drug-likeness (QED) is 0.882. The molecule has 20 heavy (non-hydrogen) atoms. The number of anilines is 1. The summed E-state index contributed by atoms with van der Waals surface area (Å²) in [7, 11) is 0. The first-order valence-electron chi connectivity index (χ1n) is 6.41. The molecule has 106 valence electrons. The summed E-state index contributed by atoms with van der Waals surface area (Å²) in [6, 6.07) is 1.84. The molecule has 0 saturated carbocycles. The number of aromatic nitrogens is 1. The number of pyridine rings is 1. The van der Waals surface area contributed by atoms with Gasteiger partial charge in [-0.1, -0.05) is 6.08 Å². The molecular formula is C15H19N3OS. The van der Waals surface area contributed by atoms with Gasteiger partial charge in [-0.15, -0.1) is 17.9 Å². The van der Waals surface area contributed by atoms with E-state index in [1.54, 1.807) is 23.4 Å². The maximum absolute atomic E-state index is 12.8. The van der Waals surface area contributed by atoms with E-state index >= 15 is 0 Å². The van der Waals surface area contributed by atoms with Crippen LogP contribution in [0, 0.1) is 0 Å². The number of carbonyl (C=O) groups excluding carboxylic acids is 1. The van der Waals surface area contributed by atoms with Gasteiger partial charge in [0.05, 0.1) is 10.4 Å². The molecule has 2 rings (SSSR count). The molecule has 0 bridgehead atoms. The average molecular weight is 289 g/mol. The number of rotatable bonds is 3. The van der Waals surface area contributed by atoms with Crippen LogP contribution >= 0.6 is 11.3 Å². The maximum Gasteiger partial charge on any atom is 0.266 e. The fraction of sp³-hybridized carbons (Fsp3) is 0.333. The first-order valence-corrected chi connectivity index (χ1v) is 7.22. The van der Waals surface area contributed by atoms with Crippen LogP contribution in [0.25, 0.3) is 10.1 Å². The van der Waals surface area contributed by atoms with Gasteiger partial charge < -0.3 is 10.6 Å². The van der Waals surface area contributed by atoms with Gasteiger partial charge >= 0.3 is 0 Å². The minimum atomic E-state index is -0.286. The van der Waals surface area contributed by atoms with Gasteiger partial charge in [-0.25, -0.2) is 0 Å². The maximum atomic E-state index is 12.8. The van der Waals surface area contributed by atoms with Crippen molar-refractivity contribution < 1.29 is 4.79 Å². The molecular weight excluding hydrogens is 270 g/mol. The zero-order chi connectivity index (χ0) is 14.9. The monoisotopic (exact) mass is 289 g/mol. The van der Waals surface area contributed by atoms with Crippen LogP contribution in [0.4, 0.5) is 5.69 Å². The Morgan fingerprint density at radius 3 is 2.80 bits per heavy atom. The van der Waals surface area contributed by atoms with Crippen LogP contribution in [0.2, 0.25) is 0 Å². The molecule has 0 aliphatic heterocycles.